The lowest BCUT2D eigenvalue weighted by atomic mass is 9.75. The van der Waals surface area contributed by atoms with Gasteiger partial charge in [0.2, 0.25) is 0 Å². The molecule has 3 rings (SSSR count). The molecule has 1 aliphatic heterocycles. The molecule has 0 aromatic carbocycles. The van der Waals surface area contributed by atoms with E-state index in [0.29, 0.717) is 17.8 Å². The number of rotatable bonds is 0. The number of ether oxygens (including phenoxy) is 1. The van der Waals surface area contributed by atoms with Gasteiger partial charge in [-0.3, -0.25) is 0 Å². The van der Waals surface area contributed by atoms with Crippen molar-refractivity contribution in [2.45, 2.75) is 31.8 Å². The van der Waals surface area contributed by atoms with E-state index in [-0.39, 0.29) is 11.6 Å². The largest absolute Gasteiger partial charge is 0.455 e. The van der Waals surface area contributed by atoms with Gasteiger partial charge in [-0.1, -0.05) is 6.58 Å². The van der Waals surface area contributed by atoms with Gasteiger partial charge in [-0.15, -0.1) is 0 Å². The zero-order valence-corrected chi connectivity index (χ0v) is 7.88. The highest BCUT2D eigenvalue weighted by molar-refractivity contribution is 5.91. The minimum atomic E-state index is -0.183. The van der Waals surface area contributed by atoms with Crippen molar-refractivity contribution in [1.82, 2.24) is 0 Å². The Labute approximate surface area is 78.0 Å². The zero-order valence-electron chi connectivity index (χ0n) is 7.88. The third kappa shape index (κ3) is 0.687. The number of hydrogen-bond acceptors (Lipinski definition) is 2. The van der Waals surface area contributed by atoms with Gasteiger partial charge >= 0.3 is 5.97 Å². The van der Waals surface area contributed by atoms with Crippen LogP contribution >= 0.6 is 0 Å². The molecule has 0 N–H and O–H groups in total. The van der Waals surface area contributed by atoms with E-state index in [1.165, 1.54) is 19.3 Å². The van der Waals surface area contributed by atoms with Crippen molar-refractivity contribution in [3.05, 3.63) is 12.2 Å². The van der Waals surface area contributed by atoms with Crippen molar-refractivity contribution >= 4 is 5.97 Å². The van der Waals surface area contributed by atoms with Crippen LogP contribution in [0.3, 0.4) is 0 Å². The first-order valence-corrected chi connectivity index (χ1v) is 5.05. The van der Waals surface area contributed by atoms with E-state index < -0.39 is 0 Å². The fourth-order valence-corrected chi connectivity index (χ4v) is 3.73. The molecule has 2 aliphatic carbocycles. The lowest BCUT2D eigenvalue weighted by Gasteiger charge is -2.33. The van der Waals surface area contributed by atoms with Gasteiger partial charge in [0.05, 0.1) is 0 Å². The molecule has 2 nitrogen and oxygen atoms in total. The molecule has 0 aromatic heterocycles. The van der Waals surface area contributed by atoms with E-state index in [0.717, 1.165) is 5.57 Å². The summed E-state index contributed by atoms with van der Waals surface area (Å²) in [5.41, 5.74) is 0.548. The monoisotopic (exact) mass is 178 g/mol. The van der Waals surface area contributed by atoms with Crippen LogP contribution in [0.25, 0.3) is 0 Å². The maximum atomic E-state index is 11.4. The van der Waals surface area contributed by atoms with Crippen LogP contribution in [0.15, 0.2) is 12.2 Å². The Morgan fingerprint density at radius 3 is 3.00 bits per heavy atom. The van der Waals surface area contributed by atoms with Gasteiger partial charge in [0, 0.05) is 11.5 Å². The highest BCUT2D eigenvalue weighted by Gasteiger charge is 2.63. The Hall–Kier alpha value is -0.790. The van der Waals surface area contributed by atoms with Gasteiger partial charge in [0.1, 0.15) is 5.60 Å². The molecule has 1 saturated heterocycles. The summed E-state index contributed by atoms with van der Waals surface area (Å²) < 4.78 is 5.48. The fraction of sp³-hybridized carbons (Fsp3) is 0.727. The fourth-order valence-electron chi connectivity index (χ4n) is 3.73. The van der Waals surface area contributed by atoms with Gasteiger partial charge in [-0.2, -0.15) is 0 Å². The highest BCUT2D eigenvalue weighted by Crippen LogP contribution is 2.61. The third-order valence-electron chi connectivity index (χ3n) is 4.32. The second kappa shape index (κ2) is 1.99. The van der Waals surface area contributed by atoms with Crippen LogP contribution in [0, 0.1) is 17.8 Å². The maximum absolute atomic E-state index is 11.4. The molecular weight excluding hydrogens is 164 g/mol. The molecule has 2 heteroatoms. The number of hydrogen-bond donors (Lipinski definition) is 0. The Balaban J connectivity index is 2.08. The van der Waals surface area contributed by atoms with Gasteiger partial charge < -0.3 is 4.74 Å². The molecule has 70 valence electrons. The molecule has 0 unspecified atom stereocenters. The van der Waals surface area contributed by atoms with Gasteiger partial charge in [-0.05, 0) is 38.0 Å². The van der Waals surface area contributed by atoms with Crippen LogP contribution in [-0.2, 0) is 9.53 Å². The first-order chi connectivity index (χ1) is 6.13. The van der Waals surface area contributed by atoms with Crippen LogP contribution in [0.1, 0.15) is 26.2 Å². The van der Waals surface area contributed by atoms with Crippen molar-refractivity contribution < 1.29 is 9.53 Å². The van der Waals surface area contributed by atoms with E-state index in [1.54, 1.807) is 0 Å². The third-order valence-corrected chi connectivity index (χ3v) is 4.32. The summed E-state index contributed by atoms with van der Waals surface area (Å²) in [6.45, 7) is 5.96. The number of esters is 1. The van der Waals surface area contributed by atoms with Crippen molar-refractivity contribution in [2.24, 2.45) is 17.8 Å². The van der Waals surface area contributed by atoms with E-state index in [2.05, 4.69) is 13.5 Å². The van der Waals surface area contributed by atoms with Crippen LogP contribution in [0.4, 0.5) is 0 Å². The quantitative estimate of drug-likeness (QED) is 0.418. The zero-order chi connectivity index (χ0) is 9.22. The normalized spacial score (nSPS) is 52.5. The Bertz CT molecular complexity index is 307. The Morgan fingerprint density at radius 2 is 2.31 bits per heavy atom. The first kappa shape index (κ1) is 7.60. The van der Waals surface area contributed by atoms with Crippen LogP contribution in [0.2, 0.25) is 0 Å². The lowest BCUT2D eigenvalue weighted by molar-refractivity contribution is -0.150. The molecule has 0 spiro atoms. The molecular formula is C11H14O2. The maximum Gasteiger partial charge on any atom is 0.334 e. The van der Waals surface area contributed by atoms with Crippen molar-refractivity contribution in [3.8, 4) is 0 Å². The van der Waals surface area contributed by atoms with Crippen molar-refractivity contribution in [2.75, 3.05) is 0 Å². The molecule has 2 bridgehead atoms. The molecule has 2 saturated carbocycles. The lowest BCUT2D eigenvalue weighted by Crippen LogP contribution is -2.37. The molecule has 3 fully saturated rings. The molecule has 1 heterocycles. The highest BCUT2D eigenvalue weighted by atomic mass is 16.6. The second-order valence-electron chi connectivity index (χ2n) is 4.85. The predicted octanol–water partition coefficient (Wildman–Crippen LogP) is 1.90. The Kier molecular flexibility index (Phi) is 1.17. The molecule has 13 heavy (non-hydrogen) atoms. The summed E-state index contributed by atoms with van der Waals surface area (Å²) in [5, 5.41) is 0. The second-order valence-corrected chi connectivity index (χ2v) is 4.85. The summed E-state index contributed by atoms with van der Waals surface area (Å²) in [5.74, 6) is 1.46. The smallest absolute Gasteiger partial charge is 0.334 e. The summed E-state index contributed by atoms with van der Waals surface area (Å²) in [6.07, 6.45) is 3.74. The molecule has 4 atom stereocenters. The summed E-state index contributed by atoms with van der Waals surface area (Å²) in [7, 11) is 0. The van der Waals surface area contributed by atoms with Crippen molar-refractivity contribution in [3.63, 3.8) is 0 Å². The molecule has 0 amide bonds. The standard InChI is InChI=1S/C11H14O2/c1-6-9-7-3-4-8(5-7)11(9,2)13-10(6)12/h7-9H,1,3-5H2,2H3/t7-,8-,9-,11+/m0/s1. The van der Waals surface area contributed by atoms with E-state index in [4.69, 9.17) is 4.74 Å². The van der Waals surface area contributed by atoms with Crippen LogP contribution in [0.5, 0.6) is 0 Å². The minimum Gasteiger partial charge on any atom is -0.455 e. The predicted molar refractivity (Wildman–Crippen MR) is 48.0 cm³/mol. The number of fused-ring (bicyclic) bond motifs is 5. The average molecular weight is 178 g/mol. The van der Waals surface area contributed by atoms with Gasteiger partial charge in [0.15, 0.2) is 0 Å². The Morgan fingerprint density at radius 1 is 1.54 bits per heavy atom. The summed E-state index contributed by atoms with van der Waals surface area (Å²) in [4.78, 5) is 11.4. The summed E-state index contributed by atoms with van der Waals surface area (Å²) in [6, 6.07) is 0. The first-order valence-electron chi connectivity index (χ1n) is 5.05. The van der Waals surface area contributed by atoms with Crippen LogP contribution in [-0.4, -0.2) is 11.6 Å². The van der Waals surface area contributed by atoms with Crippen molar-refractivity contribution in [1.29, 1.82) is 0 Å². The van der Waals surface area contributed by atoms with Crippen LogP contribution < -0.4 is 0 Å². The molecule has 3 aliphatic rings. The van der Waals surface area contributed by atoms with E-state index >= 15 is 0 Å². The van der Waals surface area contributed by atoms with Gasteiger partial charge in [-0.25, -0.2) is 4.79 Å². The number of carbonyl (C=O) groups is 1. The molecule has 0 aromatic rings. The topological polar surface area (TPSA) is 26.3 Å². The average Bonchev–Trinajstić information content (AvgIpc) is 2.65. The number of carbonyl (C=O) groups excluding carboxylic acids is 1. The summed E-state index contributed by atoms with van der Waals surface area (Å²) >= 11 is 0. The van der Waals surface area contributed by atoms with Gasteiger partial charge in [0.25, 0.3) is 0 Å². The van der Waals surface area contributed by atoms with E-state index in [9.17, 15) is 4.79 Å². The SMILES string of the molecule is C=C1C(=O)O[C@]2(C)[C@H]3CC[C@@H](C3)[C@H]12. The van der Waals surface area contributed by atoms with E-state index in [1.807, 2.05) is 0 Å². The molecule has 0 radical (unpaired) electrons. The minimum absolute atomic E-state index is 0.149.